The van der Waals surface area contributed by atoms with Crippen LogP contribution < -0.4 is 0 Å². The van der Waals surface area contributed by atoms with Crippen molar-refractivity contribution in [1.29, 1.82) is 0 Å². The standard InChI is InChI=1S/C13H17ClFNO2/c1-16(7-3-2-4-8-17)13(18)11-6-5-10(14)9-12(11)15/h5-6,9,17H,2-4,7-8H2,1H3. The largest absolute Gasteiger partial charge is 0.396 e. The third-order valence-electron chi connectivity index (χ3n) is 2.66. The van der Waals surface area contributed by atoms with Gasteiger partial charge >= 0.3 is 0 Å². The summed E-state index contributed by atoms with van der Waals surface area (Å²) in [6.45, 7) is 0.699. The second kappa shape index (κ2) is 7.34. The number of carbonyl (C=O) groups excluding carboxylic acids is 1. The molecule has 1 N–H and O–H groups in total. The average Bonchev–Trinajstić information content (AvgIpc) is 2.33. The highest BCUT2D eigenvalue weighted by molar-refractivity contribution is 6.30. The number of amides is 1. The zero-order chi connectivity index (χ0) is 13.5. The van der Waals surface area contributed by atoms with E-state index in [4.69, 9.17) is 16.7 Å². The molecule has 0 saturated carbocycles. The number of unbranched alkanes of at least 4 members (excludes halogenated alkanes) is 2. The van der Waals surface area contributed by atoms with Crippen LogP contribution in [0.2, 0.25) is 5.02 Å². The van der Waals surface area contributed by atoms with Gasteiger partial charge in [0.15, 0.2) is 0 Å². The summed E-state index contributed by atoms with van der Waals surface area (Å²) in [6.07, 6.45) is 2.35. The van der Waals surface area contributed by atoms with E-state index in [-0.39, 0.29) is 23.1 Å². The van der Waals surface area contributed by atoms with Crippen LogP contribution in [0, 0.1) is 5.82 Å². The molecule has 1 aromatic rings. The van der Waals surface area contributed by atoms with E-state index in [1.165, 1.54) is 17.0 Å². The topological polar surface area (TPSA) is 40.5 Å². The molecule has 0 aliphatic carbocycles. The highest BCUT2D eigenvalue weighted by Gasteiger charge is 2.15. The van der Waals surface area contributed by atoms with Crippen LogP contribution in [0.15, 0.2) is 18.2 Å². The second-order valence-electron chi connectivity index (χ2n) is 4.14. The highest BCUT2D eigenvalue weighted by Crippen LogP contribution is 2.16. The molecule has 0 aliphatic heterocycles. The van der Waals surface area contributed by atoms with Crippen LogP contribution in [0.25, 0.3) is 0 Å². The van der Waals surface area contributed by atoms with Gasteiger partial charge in [-0.2, -0.15) is 0 Å². The number of hydrogen-bond acceptors (Lipinski definition) is 2. The Morgan fingerprint density at radius 3 is 2.72 bits per heavy atom. The minimum Gasteiger partial charge on any atom is -0.396 e. The van der Waals surface area contributed by atoms with E-state index in [2.05, 4.69) is 0 Å². The Kier molecular flexibility index (Phi) is 6.09. The Labute approximate surface area is 111 Å². The van der Waals surface area contributed by atoms with E-state index < -0.39 is 5.82 Å². The maximum atomic E-state index is 13.5. The molecule has 0 fully saturated rings. The van der Waals surface area contributed by atoms with Crippen molar-refractivity contribution in [3.63, 3.8) is 0 Å². The Bertz CT molecular complexity index is 412. The number of aliphatic hydroxyl groups is 1. The Balaban J connectivity index is 2.57. The van der Waals surface area contributed by atoms with E-state index >= 15 is 0 Å². The molecule has 0 bridgehead atoms. The summed E-state index contributed by atoms with van der Waals surface area (Å²) in [4.78, 5) is 13.4. The maximum absolute atomic E-state index is 13.5. The van der Waals surface area contributed by atoms with Crippen molar-refractivity contribution in [1.82, 2.24) is 4.90 Å². The lowest BCUT2D eigenvalue weighted by Crippen LogP contribution is -2.28. The summed E-state index contributed by atoms with van der Waals surface area (Å²) >= 11 is 5.63. The highest BCUT2D eigenvalue weighted by atomic mass is 35.5. The van der Waals surface area contributed by atoms with Crippen molar-refractivity contribution in [2.24, 2.45) is 0 Å². The molecule has 1 rings (SSSR count). The Hall–Kier alpha value is -1.13. The molecule has 0 aliphatic rings. The van der Waals surface area contributed by atoms with Crippen molar-refractivity contribution in [3.05, 3.63) is 34.6 Å². The van der Waals surface area contributed by atoms with Crippen LogP contribution in [0.1, 0.15) is 29.6 Å². The van der Waals surface area contributed by atoms with Crippen molar-refractivity contribution in [2.45, 2.75) is 19.3 Å². The fraction of sp³-hybridized carbons (Fsp3) is 0.462. The molecular weight excluding hydrogens is 257 g/mol. The van der Waals surface area contributed by atoms with E-state index in [1.807, 2.05) is 0 Å². The predicted octanol–water partition coefficient (Wildman–Crippen LogP) is 2.71. The maximum Gasteiger partial charge on any atom is 0.256 e. The van der Waals surface area contributed by atoms with E-state index in [1.54, 1.807) is 7.05 Å². The second-order valence-corrected chi connectivity index (χ2v) is 4.57. The molecule has 0 atom stereocenters. The molecule has 0 saturated heterocycles. The van der Waals surface area contributed by atoms with Crippen LogP contribution in [-0.2, 0) is 0 Å². The lowest BCUT2D eigenvalue weighted by molar-refractivity contribution is 0.0787. The van der Waals surface area contributed by atoms with Gasteiger partial charge in [0.1, 0.15) is 5.82 Å². The molecule has 0 aromatic heterocycles. The quantitative estimate of drug-likeness (QED) is 0.810. The normalized spacial score (nSPS) is 10.4. The fourth-order valence-corrected chi connectivity index (χ4v) is 1.77. The van der Waals surface area contributed by atoms with Gasteiger partial charge < -0.3 is 10.0 Å². The first kappa shape index (κ1) is 14.9. The molecular formula is C13H17ClFNO2. The van der Waals surface area contributed by atoms with Gasteiger partial charge in [0.2, 0.25) is 0 Å². The van der Waals surface area contributed by atoms with E-state index in [0.29, 0.717) is 6.54 Å². The van der Waals surface area contributed by atoms with Crippen molar-refractivity contribution >= 4 is 17.5 Å². The van der Waals surface area contributed by atoms with Crippen LogP contribution in [0.5, 0.6) is 0 Å². The number of hydrogen-bond donors (Lipinski definition) is 1. The van der Waals surface area contributed by atoms with Gasteiger partial charge in [-0.1, -0.05) is 11.6 Å². The van der Waals surface area contributed by atoms with Crippen LogP contribution in [-0.4, -0.2) is 36.1 Å². The molecule has 18 heavy (non-hydrogen) atoms. The molecule has 0 heterocycles. The summed E-state index contributed by atoms with van der Waals surface area (Å²) in [6, 6.07) is 4.02. The summed E-state index contributed by atoms with van der Waals surface area (Å²) < 4.78 is 13.5. The minimum atomic E-state index is -0.602. The van der Waals surface area contributed by atoms with Gasteiger partial charge in [-0.15, -0.1) is 0 Å². The molecule has 100 valence electrons. The summed E-state index contributed by atoms with van der Waals surface area (Å²) in [7, 11) is 1.63. The monoisotopic (exact) mass is 273 g/mol. The van der Waals surface area contributed by atoms with Crippen molar-refractivity contribution in [2.75, 3.05) is 20.2 Å². The van der Waals surface area contributed by atoms with Gasteiger partial charge in [-0.05, 0) is 37.5 Å². The van der Waals surface area contributed by atoms with Crippen LogP contribution in [0.3, 0.4) is 0 Å². The average molecular weight is 274 g/mol. The molecule has 1 amide bonds. The Morgan fingerprint density at radius 1 is 1.39 bits per heavy atom. The molecule has 3 nitrogen and oxygen atoms in total. The lowest BCUT2D eigenvalue weighted by atomic mass is 10.1. The summed E-state index contributed by atoms with van der Waals surface area (Å²) in [5, 5.41) is 8.91. The zero-order valence-corrected chi connectivity index (χ0v) is 11.1. The summed E-state index contributed by atoms with van der Waals surface area (Å²) in [5.41, 5.74) is 0.0315. The fourth-order valence-electron chi connectivity index (χ4n) is 1.61. The SMILES string of the molecule is CN(CCCCCO)C(=O)c1ccc(Cl)cc1F. The van der Waals surface area contributed by atoms with Crippen LogP contribution >= 0.6 is 11.6 Å². The molecule has 1 aromatic carbocycles. The number of aliphatic hydroxyl groups excluding tert-OH is 1. The lowest BCUT2D eigenvalue weighted by Gasteiger charge is -2.17. The summed E-state index contributed by atoms with van der Waals surface area (Å²) in [5.74, 6) is -0.956. The third-order valence-corrected chi connectivity index (χ3v) is 2.89. The van der Waals surface area contributed by atoms with Gasteiger partial charge in [-0.25, -0.2) is 4.39 Å². The van der Waals surface area contributed by atoms with Crippen molar-refractivity contribution < 1.29 is 14.3 Å². The van der Waals surface area contributed by atoms with Gasteiger partial charge in [-0.3, -0.25) is 4.79 Å². The van der Waals surface area contributed by atoms with Gasteiger partial charge in [0.25, 0.3) is 5.91 Å². The zero-order valence-electron chi connectivity index (χ0n) is 10.3. The minimum absolute atomic E-state index is 0.0315. The first-order chi connectivity index (χ1) is 8.56. The molecule has 0 unspecified atom stereocenters. The van der Waals surface area contributed by atoms with E-state index in [9.17, 15) is 9.18 Å². The van der Waals surface area contributed by atoms with Crippen LogP contribution in [0.4, 0.5) is 4.39 Å². The van der Waals surface area contributed by atoms with Gasteiger partial charge in [0.05, 0.1) is 5.56 Å². The number of halogens is 2. The predicted molar refractivity (Wildman–Crippen MR) is 69.3 cm³/mol. The third kappa shape index (κ3) is 4.27. The number of nitrogens with zero attached hydrogens (tertiary/aromatic N) is 1. The Morgan fingerprint density at radius 2 is 2.11 bits per heavy atom. The first-order valence-electron chi connectivity index (χ1n) is 5.87. The van der Waals surface area contributed by atoms with E-state index in [0.717, 1.165) is 25.3 Å². The molecule has 0 radical (unpaired) electrons. The van der Waals surface area contributed by atoms with Crippen molar-refractivity contribution in [3.8, 4) is 0 Å². The first-order valence-corrected chi connectivity index (χ1v) is 6.25. The molecule has 5 heteroatoms. The number of carbonyl (C=O) groups is 1. The number of benzene rings is 1. The number of rotatable bonds is 6. The van der Waals surface area contributed by atoms with Gasteiger partial charge in [0, 0.05) is 25.2 Å². The smallest absolute Gasteiger partial charge is 0.256 e. The molecule has 0 spiro atoms.